The predicted octanol–water partition coefficient (Wildman–Crippen LogP) is 2.74. The van der Waals surface area contributed by atoms with Crippen LogP contribution in [-0.2, 0) is 37.0 Å². The van der Waals surface area contributed by atoms with E-state index in [1.807, 2.05) is 6.07 Å². The molecule has 2 aromatic rings. The average molecular weight is 426 g/mol. The number of amides is 2. The fourth-order valence-electron chi connectivity index (χ4n) is 3.12. The van der Waals surface area contributed by atoms with Gasteiger partial charge in [0.2, 0.25) is 5.54 Å². The zero-order valence-electron chi connectivity index (χ0n) is 16.9. The van der Waals surface area contributed by atoms with Crippen LogP contribution in [0.3, 0.4) is 0 Å². The first-order valence-electron chi connectivity index (χ1n) is 9.60. The Labute approximate surface area is 178 Å². The molecule has 0 aliphatic carbocycles. The Bertz CT molecular complexity index is 949. The highest BCUT2D eigenvalue weighted by Gasteiger charge is 2.57. The largest absolute Gasteiger partial charge is 0.463 e. The van der Waals surface area contributed by atoms with Crippen molar-refractivity contribution in [1.82, 2.24) is 10.4 Å². The van der Waals surface area contributed by atoms with Crippen molar-refractivity contribution in [2.75, 3.05) is 6.61 Å². The van der Waals surface area contributed by atoms with E-state index >= 15 is 0 Å². The molecular formula is C22H22N2O7. The average Bonchev–Trinajstić information content (AvgIpc) is 3.18. The zero-order valence-corrected chi connectivity index (χ0v) is 16.9. The summed E-state index contributed by atoms with van der Waals surface area (Å²) < 4.78 is 15.3. The molecule has 3 rings (SSSR count). The number of ketones is 1. The third-order valence-corrected chi connectivity index (χ3v) is 4.80. The first kappa shape index (κ1) is 21.8. The van der Waals surface area contributed by atoms with Crippen LogP contribution in [0.2, 0.25) is 0 Å². The van der Waals surface area contributed by atoms with E-state index in [0.717, 1.165) is 12.5 Å². The first-order chi connectivity index (χ1) is 14.9. The van der Waals surface area contributed by atoms with E-state index in [9.17, 15) is 19.2 Å². The van der Waals surface area contributed by atoms with Gasteiger partial charge in [-0.2, -0.15) is 5.01 Å². The van der Waals surface area contributed by atoms with Gasteiger partial charge in [0.1, 0.15) is 13.2 Å². The van der Waals surface area contributed by atoms with Crippen molar-refractivity contribution in [3.05, 3.63) is 71.8 Å². The molecule has 1 aliphatic rings. The minimum atomic E-state index is -2.03. The minimum absolute atomic E-state index is 0.0723. The molecule has 1 unspecified atom stereocenters. The molecular weight excluding hydrogens is 404 g/mol. The quantitative estimate of drug-likeness (QED) is 0.327. The van der Waals surface area contributed by atoms with Gasteiger partial charge in [0.25, 0.3) is 0 Å². The highest BCUT2D eigenvalue weighted by Crippen LogP contribution is 2.28. The third kappa shape index (κ3) is 5.00. The van der Waals surface area contributed by atoms with E-state index in [-0.39, 0.29) is 26.2 Å². The van der Waals surface area contributed by atoms with Crippen LogP contribution in [0.15, 0.2) is 60.7 Å². The van der Waals surface area contributed by atoms with Gasteiger partial charge in [-0.3, -0.25) is 4.79 Å². The molecule has 1 saturated heterocycles. The number of carbonyl (C=O) groups is 4. The smallest absolute Gasteiger partial charge is 0.430 e. The molecule has 1 aliphatic heterocycles. The van der Waals surface area contributed by atoms with E-state index in [1.54, 1.807) is 54.6 Å². The zero-order chi connectivity index (χ0) is 22.3. The van der Waals surface area contributed by atoms with E-state index in [4.69, 9.17) is 14.2 Å². The number of cyclic esters (lactones) is 1. The number of esters is 1. The molecule has 31 heavy (non-hydrogen) atoms. The van der Waals surface area contributed by atoms with Crippen LogP contribution in [0.1, 0.15) is 24.5 Å². The third-order valence-electron chi connectivity index (χ3n) is 4.80. The van der Waals surface area contributed by atoms with Gasteiger partial charge in [0, 0.05) is 6.42 Å². The predicted molar refractivity (Wildman–Crippen MR) is 107 cm³/mol. The van der Waals surface area contributed by atoms with Crippen LogP contribution in [0, 0.1) is 0 Å². The fraction of sp³-hybridized carbons (Fsp3) is 0.273. The molecule has 0 bridgehead atoms. The van der Waals surface area contributed by atoms with E-state index in [2.05, 4.69) is 5.43 Å². The lowest BCUT2D eigenvalue weighted by Gasteiger charge is -2.34. The van der Waals surface area contributed by atoms with Crippen LogP contribution in [-0.4, -0.2) is 41.1 Å². The van der Waals surface area contributed by atoms with Crippen LogP contribution in [0.25, 0.3) is 0 Å². The second-order valence-electron chi connectivity index (χ2n) is 6.85. The highest BCUT2D eigenvalue weighted by atomic mass is 16.6. The number of hydrazine groups is 1. The van der Waals surface area contributed by atoms with Gasteiger partial charge in [-0.1, -0.05) is 60.7 Å². The molecule has 1 fully saturated rings. The van der Waals surface area contributed by atoms with Crippen molar-refractivity contribution in [1.29, 1.82) is 0 Å². The van der Waals surface area contributed by atoms with E-state index < -0.39 is 29.5 Å². The Morgan fingerprint density at radius 3 is 2.00 bits per heavy atom. The summed E-state index contributed by atoms with van der Waals surface area (Å²) in [6.07, 6.45) is -2.24. The SMILES string of the molecule is CC(=O)C1(N(NC(=O)OCc2ccccc2)C(=O)OCc2ccccc2)CCOC1=O. The number of rotatable bonds is 6. The summed E-state index contributed by atoms with van der Waals surface area (Å²) in [6.45, 7) is 0.861. The minimum Gasteiger partial charge on any atom is -0.463 e. The number of nitrogens with one attached hydrogen (secondary N) is 1. The molecule has 0 aromatic heterocycles. The molecule has 0 radical (unpaired) electrons. The summed E-state index contributed by atoms with van der Waals surface area (Å²) in [5.41, 5.74) is 1.57. The van der Waals surface area contributed by atoms with Crippen LogP contribution in [0.5, 0.6) is 0 Å². The maximum absolute atomic E-state index is 12.8. The van der Waals surface area contributed by atoms with Crippen molar-refractivity contribution in [3.63, 3.8) is 0 Å². The van der Waals surface area contributed by atoms with Gasteiger partial charge >= 0.3 is 18.2 Å². The van der Waals surface area contributed by atoms with Crippen LogP contribution in [0.4, 0.5) is 9.59 Å². The van der Waals surface area contributed by atoms with E-state index in [0.29, 0.717) is 10.6 Å². The van der Waals surface area contributed by atoms with Crippen LogP contribution < -0.4 is 5.43 Å². The Morgan fingerprint density at radius 1 is 0.968 bits per heavy atom. The molecule has 0 saturated carbocycles. The normalized spacial score (nSPS) is 17.4. The highest BCUT2D eigenvalue weighted by molar-refractivity contribution is 6.10. The molecule has 0 spiro atoms. The first-order valence-corrected chi connectivity index (χ1v) is 9.60. The van der Waals surface area contributed by atoms with Crippen LogP contribution >= 0.6 is 0 Å². The fourth-order valence-corrected chi connectivity index (χ4v) is 3.12. The lowest BCUT2D eigenvalue weighted by atomic mass is 9.92. The number of Topliss-reactive ketones (excluding diaryl/α,β-unsaturated/α-hetero) is 1. The van der Waals surface area contributed by atoms with Crippen molar-refractivity contribution in [2.24, 2.45) is 0 Å². The molecule has 1 atom stereocenters. The maximum atomic E-state index is 12.8. The summed E-state index contributed by atoms with van der Waals surface area (Å²) in [6, 6.07) is 17.7. The van der Waals surface area contributed by atoms with Gasteiger partial charge in [0.15, 0.2) is 5.78 Å². The second kappa shape index (κ2) is 9.75. The molecule has 9 nitrogen and oxygen atoms in total. The number of hydrogen-bond donors (Lipinski definition) is 1. The summed E-state index contributed by atoms with van der Waals surface area (Å²) in [5.74, 6) is -1.62. The number of hydrogen-bond acceptors (Lipinski definition) is 7. The topological polar surface area (TPSA) is 111 Å². The Balaban J connectivity index is 1.76. The summed E-state index contributed by atoms with van der Waals surface area (Å²) in [4.78, 5) is 50.1. The molecule has 9 heteroatoms. The summed E-state index contributed by atoms with van der Waals surface area (Å²) >= 11 is 0. The van der Waals surface area contributed by atoms with Gasteiger partial charge in [0.05, 0.1) is 6.61 Å². The summed E-state index contributed by atoms with van der Waals surface area (Å²) in [5, 5.41) is 0.570. The number of nitrogens with zero attached hydrogens (tertiary/aromatic N) is 1. The van der Waals surface area contributed by atoms with Gasteiger partial charge in [-0.25, -0.2) is 19.8 Å². The summed E-state index contributed by atoms with van der Waals surface area (Å²) in [7, 11) is 0. The Morgan fingerprint density at radius 2 is 1.52 bits per heavy atom. The Kier molecular flexibility index (Phi) is 6.86. The lowest BCUT2D eigenvalue weighted by molar-refractivity contribution is -0.153. The molecule has 1 heterocycles. The van der Waals surface area contributed by atoms with Gasteiger partial charge in [-0.05, 0) is 18.1 Å². The van der Waals surface area contributed by atoms with Gasteiger partial charge < -0.3 is 14.2 Å². The standard InChI is InChI=1S/C22H22N2O7/c1-16(25)22(12-13-29-19(22)26)24(21(28)31-15-18-10-6-3-7-11-18)23-20(27)30-14-17-8-4-2-5-9-17/h2-11H,12-15H2,1H3,(H,23,27). The molecule has 162 valence electrons. The number of carbonyl (C=O) groups excluding carboxylic acids is 4. The molecule has 2 amide bonds. The number of ether oxygens (including phenoxy) is 3. The lowest BCUT2D eigenvalue weighted by Crippen LogP contribution is -2.65. The van der Waals surface area contributed by atoms with Crippen molar-refractivity contribution >= 4 is 23.9 Å². The monoisotopic (exact) mass is 426 g/mol. The van der Waals surface area contributed by atoms with E-state index in [1.165, 1.54) is 0 Å². The molecule has 1 N–H and O–H groups in total. The number of benzene rings is 2. The van der Waals surface area contributed by atoms with Crippen molar-refractivity contribution in [3.8, 4) is 0 Å². The Hall–Kier alpha value is -3.88. The van der Waals surface area contributed by atoms with Gasteiger partial charge in [-0.15, -0.1) is 0 Å². The van der Waals surface area contributed by atoms with Crippen molar-refractivity contribution in [2.45, 2.75) is 32.1 Å². The molecule has 2 aromatic carbocycles. The second-order valence-corrected chi connectivity index (χ2v) is 6.85. The van der Waals surface area contributed by atoms with Crippen molar-refractivity contribution < 1.29 is 33.4 Å². The maximum Gasteiger partial charge on any atom is 0.430 e.